The van der Waals surface area contributed by atoms with Gasteiger partial charge in [-0.25, -0.2) is 0 Å². The highest BCUT2D eigenvalue weighted by atomic mass is 16.3. The van der Waals surface area contributed by atoms with Crippen LogP contribution in [0.4, 0.5) is 0 Å². The van der Waals surface area contributed by atoms with Crippen LogP contribution in [-0.4, -0.2) is 10.3 Å². The summed E-state index contributed by atoms with van der Waals surface area (Å²) in [6.07, 6.45) is 1.86. The largest absolute Gasteiger partial charge is 0.456 e. The van der Waals surface area contributed by atoms with Crippen molar-refractivity contribution in [3.8, 4) is 27.9 Å². The lowest BCUT2D eigenvalue weighted by molar-refractivity contribution is 0.669. The number of rotatable bonds is 6. The van der Waals surface area contributed by atoms with Crippen LogP contribution in [0.2, 0.25) is 0 Å². The van der Waals surface area contributed by atoms with Crippen LogP contribution in [0.3, 0.4) is 0 Å². The minimum Gasteiger partial charge on any atom is -0.456 e. The topological polar surface area (TPSA) is 42.5 Å². The molecule has 0 amide bonds. The molecule has 8 aromatic carbocycles. The molecule has 0 aliphatic carbocycles. The van der Waals surface area contributed by atoms with E-state index < -0.39 is 0 Å². The average molecular weight is 718 g/mol. The van der Waals surface area contributed by atoms with Gasteiger partial charge in [0.25, 0.3) is 0 Å². The molecule has 4 heteroatoms. The first kappa shape index (κ1) is 32.0. The molecule has 11 rings (SSSR count). The second-order valence-electron chi connectivity index (χ2n) is 14.4. The molecule has 10 aromatic rings. The summed E-state index contributed by atoms with van der Waals surface area (Å²) >= 11 is 0. The minimum absolute atomic E-state index is 0.331. The lowest BCUT2D eigenvalue weighted by Gasteiger charge is -2.26. The number of allylic oxidation sites excluding steroid dienone is 1. The number of aromatic nitrogens is 1. The summed E-state index contributed by atoms with van der Waals surface area (Å²) in [4.78, 5) is 5.50. The Morgan fingerprint density at radius 1 is 0.446 bits per heavy atom. The quantitative estimate of drug-likeness (QED) is 0.186. The summed E-state index contributed by atoms with van der Waals surface area (Å²) in [6.45, 7) is 0. The maximum atomic E-state index is 6.21. The molecule has 4 nitrogen and oxygen atoms in total. The maximum Gasteiger partial charge on any atom is 0.146 e. The van der Waals surface area contributed by atoms with E-state index >= 15 is 0 Å². The fraction of sp³-hybridized carbons (Fsp3) is 0.0192. The Kier molecular flexibility index (Phi) is 7.52. The summed E-state index contributed by atoms with van der Waals surface area (Å²) in [6, 6.07) is 68.7. The molecule has 1 unspecified atom stereocenters. The molecule has 3 heterocycles. The summed E-state index contributed by atoms with van der Waals surface area (Å²) < 4.78 is 8.59. The molecule has 1 aliphatic heterocycles. The Morgan fingerprint density at radius 3 is 1.88 bits per heavy atom. The van der Waals surface area contributed by atoms with Crippen molar-refractivity contribution < 1.29 is 4.42 Å². The standard InChI is InChI=1S/C52H35N3O/c1-3-13-34(14-4-1)35-25-27-36(28-26-35)38-17-11-18-39(31-38)46-33-45(37-15-5-2-6-16-37)53-52(54-46)43-21-12-23-48-51(43)42-20-7-9-22-47(42)55(48)40-29-30-50-44(32-40)41-19-8-10-24-49(41)56-50/h1-33,52-53H. The number of aliphatic imine (C=N–C) groups is 1. The van der Waals surface area contributed by atoms with E-state index in [0.29, 0.717) is 0 Å². The predicted octanol–water partition coefficient (Wildman–Crippen LogP) is 13.1. The molecule has 1 aliphatic rings. The number of fused-ring (bicyclic) bond motifs is 6. The molecule has 1 atom stereocenters. The minimum atomic E-state index is -0.331. The molecule has 56 heavy (non-hydrogen) atoms. The van der Waals surface area contributed by atoms with Crippen LogP contribution in [0, 0.1) is 0 Å². The third-order valence-electron chi connectivity index (χ3n) is 11.1. The summed E-state index contributed by atoms with van der Waals surface area (Å²) in [5.41, 5.74) is 15.2. The third-order valence-corrected chi connectivity index (χ3v) is 11.1. The van der Waals surface area contributed by atoms with E-state index in [9.17, 15) is 0 Å². The van der Waals surface area contributed by atoms with Crippen molar-refractivity contribution >= 4 is 55.2 Å². The predicted molar refractivity (Wildman–Crippen MR) is 232 cm³/mol. The van der Waals surface area contributed by atoms with E-state index in [1.807, 2.05) is 12.1 Å². The lowest BCUT2D eigenvalue weighted by atomic mass is 9.96. The molecule has 264 valence electrons. The molecule has 0 saturated carbocycles. The van der Waals surface area contributed by atoms with Gasteiger partial charge in [-0.1, -0.05) is 152 Å². The van der Waals surface area contributed by atoms with Crippen LogP contribution < -0.4 is 5.32 Å². The van der Waals surface area contributed by atoms with Gasteiger partial charge in [0.05, 0.1) is 16.7 Å². The van der Waals surface area contributed by atoms with Gasteiger partial charge in [0.15, 0.2) is 0 Å². The van der Waals surface area contributed by atoms with E-state index in [0.717, 1.165) is 72.3 Å². The molecule has 0 fully saturated rings. The van der Waals surface area contributed by atoms with Gasteiger partial charge in [-0.2, -0.15) is 0 Å². The van der Waals surface area contributed by atoms with E-state index in [-0.39, 0.29) is 6.17 Å². The van der Waals surface area contributed by atoms with Gasteiger partial charge in [0.2, 0.25) is 0 Å². The molecule has 0 radical (unpaired) electrons. The van der Waals surface area contributed by atoms with E-state index in [2.05, 4.69) is 198 Å². The van der Waals surface area contributed by atoms with Crippen LogP contribution in [0.15, 0.2) is 210 Å². The molecule has 0 saturated heterocycles. The van der Waals surface area contributed by atoms with Crippen molar-refractivity contribution in [2.45, 2.75) is 6.17 Å². The normalized spacial score (nSPS) is 14.2. The van der Waals surface area contributed by atoms with Gasteiger partial charge in [0, 0.05) is 44.1 Å². The van der Waals surface area contributed by atoms with E-state index in [4.69, 9.17) is 9.41 Å². The first-order chi connectivity index (χ1) is 27.7. The highest BCUT2D eigenvalue weighted by Crippen LogP contribution is 2.40. The number of benzene rings is 8. The fourth-order valence-electron chi connectivity index (χ4n) is 8.37. The first-order valence-corrected chi connectivity index (χ1v) is 19.1. The Morgan fingerprint density at radius 2 is 1.05 bits per heavy atom. The molecular formula is C52H35N3O. The highest BCUT2D eigenvalue weighted by Gasteiger charge is 2.24. The molecule has 2 aromatic heterocycles. The Labute approximate surface area is 324 Å². The Hall–Kier alpha value is -7.43. The van der Waals surface area contributed by atoms with Gasteiger partial charge in [-0.15, -0.1) is 0 Å². The lowest BCUT2D eigenvalue weighted by Crippen LogP contribution is -2.25. The van der Waals surface area contributed by atoms with E-state index in [1.54, 1.807) is 0 Å². The fourth-order valence-corrected chi connectivity index (χ4v) is 8.37. The van der Waals surface area contributed by atoms with Crippen molar-refractivity contribution in [2.75, 3.05) is 0 Å². The number of hydrogen-bond donors (Lipinski definition) is 1. The van der Waals surface area contributed by atoms with Crippen LogP contribution in [0.25, 0.3) is 77.4 Å². The monoisotopic (exact) mass is 717 g/mol. The first-order valence-electron chi connectivity index (χ1n) is 19.1. The third kappa shape index (κ3) is 5.42. The van der Waals surface area contributed by atoms with Crippen LogP contribution in [0.5, 0.6) is 0 Å². The van der Waals surface area contributed by atoms with Gasteiger partial charge >= 0.3 is 0 Å². The van der Waals surface area contributed by atoms with Crippen molar-refractivity contribution in [2.24, 2.45) is 4.99 Å². The van der Waals surface area contributed by atoms with Crippen molar-refractivity contribution in [3.05, 3.63) is 217 Å². The zero-order valence-electron chi connectivity index (χ0n) is 30.4. The Balaban J connectivity index is 1.05. The number of para-hydroxylation sites is 2. The number of hydrogen-bond acceptors (Lipinski definition) is 3. The van der Waals surface area contributed by atoms with Gasteiger partial charge in [0.1, 0.15) is 17.3 Å². The summed E-state index contributed by atoms with van der Waals surface area (Å²) in [5.74, 6) is 0. The molecule has 0 spiro atoms. The maximum absolute atomic E-state index is 6.21. The van der Waals surface area contributed by atoms with Gasteiger partial charge < -0.3 is 14.3 Å². The zero-order valence-corrected chi connectivity index (χ0v) is 30.4. The molecule has 1 N–H and O–H groups in total. The SMILES string of the molecule is C1=C(c2ccccc2)NC(c2cccc3c2c2ccccc2n3-c2ccc3oc4ccccc4c3c2)N=C1c1cccc(-c2ccc(-c3ccccc3)cc2)c1. The average Bonchev–Trinajstić information content (AvgIpc) is 3.82. The summed E-state index contributed by atoms with van der Waals surface area (Å²) in [5, 5.41) is 8.45. The summed E-state index contributed by atoms with van der Waals surface area (Å²) in [7, 11) is 0. The van der Waals surface area contributed by atoms with Crippen molar-refractivity contribution in [1.29, 1.82) is 0 Å². The zero-order chi connectivity index (χ0) is 37.0. The van der Waals surface area contributed by atoms with Crippen LogP contribution >= 0.6 is 0 Å². The second-order valence-corrected chi connectivity index (χ2v) is 14.4. The smallest absolute Gasteiger partial charge is 0.146 e. The number of nitrogens with one attached hydrogen (secondary N) is 1. The number of furan rings is 1. The molecular weight excluding hydrogens is 683 g/mol. The van der Waals surface area contributed by atoms with Gasteiger partial charge in [-0.3, -0.25) is 4.99 Å². The second kappa shape index (κ2) is 13.2. The van der Waals surface area contributed by atoms with Crippen LogP contribution in [-0.2, 0) is 0 Å². The number of nitrogens with zero attached hydrogens (tertiary/aromatic N) is 2. The Bertz CT molecular complexity index is 3150. The van der Waals surface area contributed by atoms with E-state index in [1.165, 1.54) is 27.5 Å². The molecule has 0 bridgehead atoms. The highest BCUT2D eigenvalue weighted by molar-refractivity contribution is 6.15. The van der Waals surface area contributed by atoms with Gasteiger partial charge in [-0.05, 0) is 76.4 Å². The van der Waals surface area contributed by atoms with Crippen LogP contribution in [0.1, 0.15) is 22.9 Å². The van der Waals surface area contributed by atoms with Crippen molar-refractivity contribution in [1.82, 2.24) is 9.88 Å². The van der Waals surface area contributed by atoms with Crippen molar-refractivity contribution in [3.63, 3.8) is 0 Å².